The van der Waals surface area contributed by atoms with Crippen LogP contribution in [-0.4, -0.2) is 18.4 Å². The van der Waals surface area contributed by atoms with E-state index in [1.165, 1.54) is 0 Å². The number of hydrogen-bond donors (Lipinski definition) is 0. The summed E-state index contributed by atoms with van der Waals surface area (Å²) in [5.74, 6) is -0.526. The normalized spacial score (nSPS) is 10.1. The molecule has 21 heavy (non-hydrogen) atoms. The molecule has 0 radical (unpaired) electrons. The van der Waals surface area contributed by atoms with Crippen molar-refractivity contribution in [2.75, 3.05) is 6.61 Å². The van der Waals surface area contributed by atoms with Crippen molar-refractivity contribution in [2.24, 2.45) is 0 Å². The first-order valence-electron chi connectivity index (χ1n) is 6.94. The third kappa shape index (κ3) is 4.88. The second-order valence-electron chi connectivity index (χ2n) is 4.97. The van der Waals surface area contributed by atoms with Crippen LogP contribution in [0.2, 0.25) is 0 Å². The molecule has 0 bridgehead atoms. The van der Waals surface area contributed by atoms with Gasteiger partial charge in [0.2, 0.25) is 0 Å². The molecule has 2 aromatic rings. The first kappa shape index (κ1) is 15.0. The topological polar surface area (TPSA) is 43.4 Å². The first-order valence-corrected chi connectivity index (χ1v) is 6.94. The molecule has 3 heteroatoms. The van der Waals surface area contributed by atoms with Crippen LogP contribution in [-0.2, 0) is 16.0 Å². The summed E-state index contributed by atoms with van der Waals surface area (Å²) >= 11 is 0. The summed E-state index contributed by atoms with van der Waals surface area (Å²) < 4.78 is 5.03. The van der Waals surface area contributed by atoms with Crippen molar-refractivity contribution in [3.05, 3.63) is 71.3 Å². The maximum absolute atomic E-state index is 11.8. The van der Waals surface area contributed by atoms with Crippen molar-refractivity contribution in [3.8, 4) is 0 Å². The fourth-order valence-corrected chi connectivity index (χ4v) is 1.92. The number of esters is 1. The Labute approximate surface area is 124 Å². The Hall–Kier alpha value is -2.42. The minimum atomic E-state index is -0.455. The summed E-state index contributed by atoms with van der Waals surface area (Å²) in [6.07, 6.45) is 1.05. The van der Waals surface area contributed by atoms with E-state index in [4.69, 9.17) is 4.74 Å². The summed E-state index contributed by atoms with van der Waals surface area (Å²) in [5, 5.41) is 0. The number of hydrogen-bond acceptors (Lipinski definition) is 3. The van der Waals surface area contributed by atoms with Gasteiger partial charge in [-0.15, -0.1) is 0 Å². The number of aryl methyl sites for hydroxylation is 2. The average molecular weight is 282 g/mol. The van der Waals surface area contributed by atoms with Crippen LogP contribution in [0.4, 0.5) is 0 Å². The molecule has 2 aromatic carbocycles. The number of carbonyl (C=O) groups is 2. The van der Waals surface area contributed by atoms with Crippen molar-refractivity contribution in [3.63, 3.8) is 0 Å². The Bertz CT molecular complexity index is 600. The van der Waals surface area contributed by atoms with E-state index >= 15 is 0 Å². The molecule has 0 aliphatic carbocycles. The molecule has 0 N–H and O–H groups in total. The standard InChI is InChI=1S/C18H18O3/c1-14-7-10-16(11-8-14)18(20)21-13-17(19)12-9-15-5-3-2-4-6-15/h2-8,10-11H,9,12-13H2,1H3. The molecule has 0 fully saturated rings. The van der Waals surface area contributed by atoms with Gasteiger partial charge in [0.05, 0.1) is 5.56 Å². The Morgan fingerprint density at radius 1 is 0.952 bits per heavy atom. The minimum Gasteiger partial charge on any atom is -0.454 e. The smallest absolute Gasteiger partial charge is 0.338 e. The third-order valence-corrected chi connectivity index (χ3v) is 3.19. The van der Waals surface area contributed by atoms with E-state index in [1.807, 2.05) is 49.4 Å². The lowest BCUT2D eigenvalue weighted by atomic mass is 10.1. The van der Waals surface area contributed by atoms with E-state index in [0.717, 1.165) is 11.1 Å². The number of benzene rings is 2. The lowest BCUT2D eigenvalue weighted by Crippen LogP contribution is -2.14. The van der Waals surface area contributed by atoms with Gasteiger partial charge in [-0.25, -0.2) is 4.79 Å². The van der Waals surface area contributed by atoms with Crippen LogP contribution < -0.4 is 0 Å². The first-order chi connectivity index (χ1) is 10.1. The molecular weight excluding hydrogens is 264 g/mol. The molecule has 0 aromatic heterocycles. The number of carbonyl (C=O) groups excluding carboxylic acids is 2. The fraction of sp³-hybridized carbons (Fsp3) is 0.222. The van der Waals surface area contributed by atoms with Gasteiger partial charge >= 0.3 is 5.97 Å². The largest absolute Gasteiger partial charge is 0.454 e. The van der Waals surface area contributed by atoms with Crippen molar-refractivity contribution in [1.29, 1.82) is 0 Å². The lowest BCUT2D eigenvalue weighted by molar-refractivity contribution is -0.122. The van der Waals surface area contributed by atoms with Crippen LogP contribution in [0.1, 0.15) is 27.9 Å². The number of rotatable bonds is 6. The molecular formula is C18H18O3. The molecule has 0 unspecified atom stereocenters. The van der Waals surface area contributed by atoms with Crippen LogP contribution in [0, 0.1) is 6.92 Å². The zero-order valence-corrected chi connectivity index (χ0v) is 12.0. The van der Waals surface area contributed by atoms with E-state index in [9.17, 15) is 9.59 Å². The Morgan fingerprint density at radius 2 is 1.62 bits per heavy atom. The fourth-order valence-electron chi connectivity index (χ4n) is 1.92. The van der Waals surface area contributed by atoms with Crippen LogP contribution >= 0.6 is 0 Å². The monoisotopic (exact) mass is 282 g/mol. The third-order valence-electron chi connectivity index (χ3n) is 3.19. The maximum atomic E-state index is 11.8. The molecule has 0 saturated heterocycles. The summed E-state index contributed by atoms with van der Waals surface area (Å²) in [6, 6.07) is 16.9. The zero-order valence-electron chi connectivity index (χ0n) is 12.0. The molecule has 108 valence electrons. The van der Waals surface area contributed by atoms with Crippen LogP contribution in [0.3, 0.4) is 0 Å². The molecule has 0 atom stereocenters. The number of Topliss-reactive ketones (excluding diaryl/α,β-unsaturated/α-hetero) is 1. The highest BCUT2D eigenvalue weighted by molar-refractivity contribution is 5.91. The lowest BCUT2D eigenvalue weighted by Gasteiger charge is -2.05. The van der Waals surface area contributed by atoms with Gasteiger partial charge in [-0.05, 0) is 31.0 Å². The molecule has 0 saturated carbocycles. The van der Waals surface area contributed by atoms with Crippen LogP contribution in [0.5, 0.6) is 0 Å². The molecule has 0 heterocycles. The van der Waals surface area contributed by atoms with Gasteiger partial charge in [0, 0.05) is 6.42 Å². The van der Waals surface area contributed by atoms with Gasteiger partial charge in [0.25, 0.3) is 0 Å². The van der Waals surface area contributed by atoms with Crippen molar-refractivity contribution < 1.29 is 14.3 Å². The minimum absolute atomic E-state index is 0.0701. The van der Waals surface area contributed by atoms with E-state index in [-0.39, 0.29) is 12.4 Å². The summed E-state index contributed by atoms with van der Waals surface area (Å²) in [6.45, 7) is 1.78. The predicted octanol–water partition coefficient (Wildman–Crippen LogP) is 3.35. The van der Waals surface area contributed by atoms with E-state index < -0.39 is 5.97 Å². The molecule has 0 aliphatic rings. The van der Waals surface area contributed by atoms with Crippen LogP contribution in [0.25, 0.3) is 0 Å². The zero-order chi connectivity index (χ0) is 15.1. The van der Waals surface area contributed by atoms with E-state index in [2.05, 4.69) is 0 Å². The summed E-state index contributed by atoms with van der Waals surface area (Å²) in [4.78, 5) is 23.5. The summed E-state index contributed by atoms with van der Waals surface area (Å²) in [7, 11) is 0. The molecule has 0 amide bonds. The second-order valence-corrected chi connectivity index (χ2v) is 4.97. The van der Waals surface area contributed by atoms with Crippen molar-refractivity contribution in [1.82, 2.24) is 0 Å². The quantitative estimate of drug-likeness (QED) is 0.763. The highest BCUT2D eigenvalue weighted by Crippen LogP contribution is 2.06. The maximum Gasteiger partial charge on any atom is 0.338 e. The Morgan fingerprint density at radius 3 is 2.29 bits per heavy atom. The van der Waals surface area contributed by atoms with Gasteiger partial charge < -0.3 is 4.74 Å². The highest BCUT2D eigenvalue weighted by atomic mass is 16.5. The Kier molecular flexibility index (Phi) is 5.27. The van der Waals surface area contributed by atoms with Gasteiger partial charge in [-0.1, -0.05) is 48.0 Å². The molecule has 2 rings (SSSR count). The van der Waals surface area contributed by atoms with Gasteiger partial charge in [-0.3, -0.25) is 4.79 Å². The van der Waals surface area contributed by atoms with Gasteiger partial charge in [0.1, 0.15) is 6.61 Å². The Balaban J connectivity index is 1.76. The number of ketones is 1. The molecule has 0 spiro atoms. The SMILES string of the molecule is Cc1ccc(C(=O)OCC(=O)CCc2ccccc2)cc1. The summed E-state index contributed by atoms with van der Waals surface area (Å²) in [5.41, 5.74) is 2.65. The van der Waals surface area contributed by atoms with Gasteiger partial charge in [-0.2, -0.15) is 0 Å². The molecule has 3 nitrogen and oxygen atoms in total. The van der Waals surface area contributed by atoms with Crippen molar-refractivity contribution in [2.45, 2.75) is 19.8 Å². The number of ether oxygens (including phenoxy) is 1. The van der Waals surface area contributed by atoms with Crippen molar-refractivity contribution >= 4 is 11.8 Å². The van der Waals surface area contributed by atoms with E-state index in [0.29, 0.717) is 18.4 Å². The predicted molar refractivity (Wildman–Crippen MR) is 81.2 cm³/mol. The van der Waals surface area contributed by atoms with Gasteiger partial charge in [0.15, 0.2) is 5.78 Å². The van der Waals surface area contributed by atoms with Crippen LogP contribution in [0.15, 0.2) is 54.6 Å². The average Bonchev–Trinajstić information content (AvgIpc) is 2.52. The molecule has 0 aliphatic heterocycles. The highest BCUT2D eigenvalue weighted by Gasteiger charge is 2.10. The van der Waals surface area contributed by atoms with E-state index in [1.54, 1.807) is 12.1 Å². The second kappa shape index (κ2) is 7.39.